The first-order valence-corrected chi connectivity index (χ1v) is 13.1. The lowest BCUT2D eigenvalue weighted by atomic mass is 9.87. The lowest BCUT2D eigenvalue weighted by molar-refractivity contribution is 0.0694. The number of rotatable bonds is 1. The van der Waals surface area contributed by atoms with E-state index in [2.05, 4.69) is 15.3 Å². The van der Waals surface area contributed by atoms with E-state index in [0.29, 0.717) is 65.9 Å². The van der Waals surface area contributed by atoms with E-state index in [-0.39, 0.29) is 17.9 Å². The van der Waals surface area contributed by atoms with E-state index in [1.54, 1.807) is 24.5 Å². The van der Waals surface area contributed by atoms with E-state index in [1.807, 2.05) is 47.4 Å². The third kappa shape index (κ3) is 5.15. The minimum atomic E-state index is -0.355. The van der Waals surface area contributed by atoms with Crippen molar-refractivity contribution >= 4 is 23.4 Å². The first-order chi connectivity index (χ1) is 19.1. The van der Waals surface area contributed by atoms with Crippen LogP contribution < -0.4 is 14.8 Å². The van der Waals surface area contributed by atoms with Gasteiger partial charge in [0.15, 0.2) is 0 Å². The van der Waals surface area contributed by atoms with Gasteiger partial charge in [-0.1, -0.05) is 29.8 Å². The van der Waals surface area contributed by atoms with Gasteiger partial charge in [0, 0.05) is 31.7 Å². The van der Waals surface area contributed by atoms with Crippen molar-refractivity contribution in [1.82, 2.24) is 20.2 Å². The molecule has 3 aliphatic heterocycles. The van der Waals surface area contributed by atoms with Gasteiger partial charge in [0.05, 0.1) is 35.0 Å². The number of hydrogen-bond acceptors (Lipinski definition) is 6. The van der Waals surface area contributed by atoms with Gasteiger partial charge in [-0.05, 0) is 65.9 Å². The molecule has 2 aromatic carbocycles. The summed E-state index contributed by atoms with van der Waals surface area (Å²) in [4.78, 5) is 36.5. The number of hydrogen-bond donors (Lipinski definition) is 1. The minimum absolute atomic E-state index is 0.162. The standard InChI is InChI=1S/C30H25ClN4O4/c31-27-18-32-10-7-26(27)30(37)35-11-8-19-13-23-5-6-25(19)28(35)20-3-1-4-22(14-20)38-12-2-9-34-29(36)21-15-24(39-23)17-33-16-21/h1,3-7,10,13-18,28H,2,8-9,11-12H2,(H,34,36). The van der Waals surface area contributed by atoms with Crippen LogP contribution in [0.5, 0.6) is 17.2 Å². The van der Waals surface area contributed by atoms with Crippen molar-refractivity contribution in [2.75, 3.05) is 19.7 Å². The molecule has 1 N–H and O–H groups in total. The Bertz CT molecular complexity index is 1560. The van der Waals surface area contributed by atoms with Gasteiger partial charge in [0.1, 0.15) is 17.2 Å². The molecule has 3 aliphatic rings. The Morgan fingerprint density at radius 1 is 1.00 bits per heavy atom. The number of fused-ring (bicyclic) bond motifs is 6. The molecule has 1 atom stereocenters. The molecular formula is C30H25ClN4O4. The van der Waals surface area contributed by atoms with Crippen LogP contribution in [0.4, 0.5) is 0 Å². The van der Waals surface area contributed by atoms with Crippen molar-refractivity contribution in [2.24, 2.45) is 0 Å². The Hall–Kier alpha value is -4.43. The van der Waals surface area contributed by atoms with Gasteiger partial charge in [-0.3, -0.25) is 19.6 Å². The average Bonchev–Trinajstić information content (AvgIpc) is 2.96. The molecule has 8 bridgehead atoms. The molecule has 2 aromatic heterocycles. The number of amides is 2. The topological polar surface area (TPSA) is 93.7 Å². The highest BCUT2D eigenvalue weighted by atomic mass is 35.5. The quantitative estimate of drug-likeness (QED) is 0.356. The highest BCUT2D eigenvalue weighted by Gasteiger charge is 2.34. The number of nitrogens with one attached hydrogen (secondary N) is 1. The fourth-order valence-corrected chi connectivity index (χ4v) is 5.22. The molecule has 0 fully saturated rings. The zero-order valence-electron chi connectivity index (χ0n) is 21.0. The molecule has 0 saturated heterocycles. The van der Waals surface area contributed by atoms with Gasteiger partial charge in [-0.15, -0.1) is 0 Å². The molecule has 5 heterocycles. The molecule has 39 heavy (non-hydrogen) atoms. The Morgan fingerprint density at radius 3 is 2.82 bits per heavy atom. The largest absolute Gasteiger partial charge is 0.494 e. The molecule has 0 saturated carbocycles. The summed E-state index contributed by atoms with van der Waals surface area (Å²) in [6.07, 6.45) is 7.41. The van der Waals surface area contributed by atoms with E-state index in [4.69, 9.17) is 21.1 Å². The molecule has 2 amide bonds. The van der Waals surface area contributed by atoms with Crippen molar-refractivity contribution in [3.8, 4) is 17.2 Å². The first-order valence-electron chi connectivity index (χ1n) is 12.7. The van der Waals surface area contributed by atoms with Crippen LogP contribution in [0.25, 0.3) is 0 Å². The summed E-state index contributed by atoms with van der Waals surface area (Å²) >= 11 is 6.37. The normalized spacial score (nSPS) is 16.8. The fraction of sp³-hybridized carbons (Fsp3) is 0.200. The Balaban J connectivity index is 1.44. The summed E-state index contributed by atoms with van der Waals surface area (Å²) in [6.45, 7) is 1.36. The van der Waals surface area contributed by atoms with Gasteiger partial charge in [0.2, 0.25) is 0 Å². The maximum absolute atomic E-state index is 13.8. The predicted octanol–water partition coefficient (Wildman–Crippen LogP) is 5.22. The van der Waals surface area contributed by atoms with Gasteiger partial charge < -0.3 is 19.7 Å². The molecular weight excluding hydrogens is 516 g/mol. The number of nitrogens with zero attached hydrogens (tertiary/aromatic N) is 3. The zero-order chi connectivity index (χ0) is 26.8. The van der Waals surface area contributed by atoms with Crippen molar-refractivity contribution in [3.05, 3.63) is 112 Å². The highest BCUT2D eigenvalue weighted by Crippen LogP contribution is 2.39. The van der Waals surface area contributed by atoms with Crippen LogP contribution in [0.15, 0.2) is 79.4 Å². The van der Waals surface area contributed by atoms with Crippen molar-refractivity contribution in [3.63, 3.8) is 0 Å². The van der Waals surface area contributed by atoms with Crippen LogP contribution in [0.2, 0.25) is 5.02 Å². The summed E-state index contributed by atoms with van der Waals surface area (Å²) in [7, 11) is 0. The molecule has 0 radical (unpaired) electrons. The van der Waals surface area contributed by atoms with Crippen LogP contribution in [-0.4, -0.2) is 46.4 Å². The van der Waals surface area contributed by atoms with Gasteiger partial charge in [-0.2, -0.15) is 0 Å². The highest BCUT2D eigenvalue weighted by molar-refractivity contribution is 6.33. The van der Waals surface area contributed by atoms with Crippen molar-refractivity contribution in [2.45, 2.75) is 18.9 Å². The van der Waals surface area contributed by atoms with E-state index in [9.17, 15) is 9.59 Å². The second kappa shape index (κ2) is 10.7. The monoisotopic (exact) mass is 540 g/mol. The fourth-order valence-electron chi connectivity index (χ4n) is 5.02. The third-order valence-electron chi connectivity index (χ3n) is 6.87. The number of aromatic nitrogens is 2. The Labute approximate surface area is 230 Å². The molecule has 0 aliphatic carbocycles. The number of carbonyl (C=O) groups is 2. The van der Waals surface area contributed by atoms with E-state index in [1.165, 1.54) is 12.4 Å². The van der Waals surface area contributed by atoms with Gasteiger partial charge >= 0.3 is 0 Å². The second-order valence-corrected chi connectivity index (χ2v) is 9.82. The van der Waals surface area contributed by atoms with Crippen molar-refractivity contribution < 1.29 is 19.1 Å². The summed E-state index contributed by atoms with van der Waals surface area (Å²) < 4.78 is 12.1. The maximum atomic E-state index is 13.8. The molecule has 9 heteroatoms. The van der Waals surface area contributed by atoms with E-state index < -0.39 is 0 Å². The van der Waals surface area contributed by atoms with E-state index in [0.717, 1.165) is 16.7 Å². The lowest BCUT2D eigenvalue weighted by Crippen LogP contribution is -2.40. The molecule has 8 nitrogen and oxygen atoms in total. The van der Waals surface area contributed by atoms with Crippen molar-refractivity contribution in [1.29, 1.82) is 0 Å². The number of carbonyl (C=O) groups excluding carboxylic acids is 2. The molecule has 1 unspecified atom stereocenters. The van der Waals surface area contributed by atoms with Crippen LogP contribution in [0, 0.1) is 0 Å². The first kappa shape index (κ1) is 24.9. The van der Waals surface area contributed by atoms with Crippen LogP contribution in [0.3, 0.4) is 0 Å². The smallest absolute Gasteiger partial charge is 0.256 e. The third-order valence-corrected chi connectivity index (χ3v) is 7.17. The summed E-state index contributed by atoms with van der Waals surface area (Å²) in [6, 6.07) is 16.6. The number of pyridine rings is 2. The summed E-state index contributed by atoms with van der Waals surface area (Å²) in [5.41, 5.74) is 3.82. The van der Waals surface area contributed by atoms with Gasteiger partial charge in [-0.25, -0.2) is 0 Å². The molecule has 7 rings (SSSR count). The SMILES string of the molecule is O=C1NCCCOc2cccc(c2)C2c3ccc(cc3CCN2C(=O)c2ccncc2Cl)Oc2cncc1c2. The minimum Gasteiger partial charge on any atom is -0.494 e. The van der Waals surface area contributed by atoms with Crippen LogP contribution >= 0.6 is 11.6 Å². The summed E-state index contributed by atoms with van der Waals surface area (Å²) in [5.74, 6) is 1.41. The Morgan fingerprint density at radius 2 is 1.92 bits per heavy atom. The summed E-state index contributed by atoms with van der Waals surface area (Å²) in [5, 5.41) is 3.21. The van der Waals surface area contributed by atoms with Crippen LogP contribution in [0.1, 0.15) is 49.9 Å². The molecule has 196 valence electrons. The zero-order valence-corrected chi connectivity index (χ0v) is 21.7. The predicted molar refractivity (Wildman–Crippen MR) is 145 cm³/mol. The molecule has 0 spiro atoms. The average molecular weight is 541 g/mol. The number of halogens is 1. The van der Waals surface area contributed by atoms with Crippen LogP contribution in [-0.2, 0) is 6.42 Å². The maximum Gasteiger partial charge on any atom is 0.256 e. The van der Waals surface area contributed by atoms with E-state index >= 15 is 0 Å². The Kier molecular flexibility index (Phi) is 6.85. The van der Waals surface area contributed by atoms with Gasteiger partial charge in [0.25, 0.3) is 11.8 Å². The lowest BCUT2D eigenvalue weighted by Gasteiger charge is -2.38. The molecule has 4 aromatic rings. The number of benzene rings is 2. The second-order valence-electron chi connectivity index (χ2n) is 9.41. The number of ether oxygens (including phenoxy) is 2.